The Morgan fingerprint density at radius 3 is 2.19 bits per heavy atom. The van der Waals surface area contributed by atoms with Gasteiger partial charge in [0.15, 0.2) is 9.84 Å². The van der Waals surface area contributed by atoms with Crippen molar-refractivity contribution < 1.29 is 13.5 Å². The van der Waals surface area contributed by atoms with Crippen LogP contribution in [0.3, 0.4) is 0 Å². The molecule has 0 saturated carbocycles. The SMILES string of the molecule is CCC(C(O)c1ccccc1)S(=O)(=O)c1ccccc1Cl. The van der Waals surface area contributed by atoms with E-state index in [4.69, 9.17) is 11.6 Å². The van der Waals surface area contributed by atoms with Crippen LogP contribution in [0.4, 0.5) is 0 Å². The van der Waals surface area contributed by atoms with Crippen molar-refractivity contribution in [2.45, 2.75) is 29.6 Å². The van der Waals surface area contributed by atoms with Gasteiger partial charge < -0.3 is 5.11 Å². The van der Waals surface area contributed by atoms with Gasteiger partial charge in [0.05, 0.1) is 21.3 Å². The Kier molecular flexibility index (Phi) is 5.04. The van der Waals surface area contributed by atoms with E-state index in [1.165, 1.54) is 12.1 Å². The van der Waals surface area contributed by atoms with Crippen molar-refractivity contribution >= 4 is 21.4 Å². The molecule has 2 atom stereocenters. The first-order valence-electron chi connectivity index (χ1n) is 6.70. The van der Waals surface area contributed by atoms with Crippen LogP contribution in [0.5, 0.6) is 0 Å². The number of aliphatic hydroxyl groups is 1. The van der Waals surface area contributed by atoms with E-state index in [0.29, 0.717) is 12.0 Å². The second-order valence-electron chi connectivity index (χ2n) is 4.78. The summed E-state index contributed by atoms with van der Waals surface area (Å²) in [7, 11) is -3.71. The number of sulfone groups is 1. The molecule has 0 bridgehead atoms. The number of benzene rings is 2. The lowest BCUT2D eigenvalue weighted by atomic mass is 10.1. The molecule has 2 aromatic rings. The molecule has 2 unspecified atom stereocenters. The summed E-state index contributed by atoms with van der Waals surface area (Å²) in [5, 5.41) is 9.69. The van der Waals surface area contributed by atoms with Crippen LogP contribution in [0.15, 0.2) is 59.5 Å². The molecule has 0 saturated heterocycles. The van der Waals surface area contributed by atoms with Gasteiger partial charge in [-0.2, -0.15) is 0 Å². The molecule has 0 aliphatic heterocycles. The van der Waals surface area contributed by atoms with Gasteiger partial charge in [-0.3, -0.25) is 0 Å². The molecule has 0 spiro atoms. The molecular weight excluding hydrogens is 308 g/mol. The van der Waals surface area contributed by atoms with Crippen molar-refractivity contribution in [3.05, 3.63) is 65.2 Å². The molecule has 0 aliphatic rings. The molecule has 2 aromatic carbocycles. The molecule has 1 N–H and O–H groups in total. The van der Waals surface area contributed by atoms with Crippen LogP contribution >= 0.6 is 11.6 Å². The normalized spacial score (nSPS) is 14.6. The number of hydrogen-bond donors (Lipinski definition) is 1. The topological polar surface area (TPSA) is 54.4 Å². The summed E-state index contributed by atoms with van der Waals surface area (Å²) in [6.45, 7) is 1.74. The van der Waals surface area contributed by atoms with Gasteiger partial charge in [-0.1, -0.05) is 61.0 Å². The van der Waals surface area contributed by atoms with Gasteiger partial charge in [0.25, 0.3) is 0 Å². The van der Waals surface area contributed by atoms with E-state index in [1.807, 2.05) is 6.07 Å². The first kappa shape index (κ1) is 16.0. The largest absolute Gasteiger partial charge is 0.387 e. The first-order valence-corrected chi connectivity index (χ1v) is 8.62. The lowest BCUT2D eigenvalue weighted by Crippen LogP contribution is -2.28. The lowest BCUT2D eigenvalue weighted by molar-refractivity contribution is 0.169. The van der Waals surface area contributed by atoms with Crippen LogP contribution < -0.4 is 0 Å². The Bertz CT molecular complexity index is 698. The van der Waals surface area contributed by atoms with Gasteiger partial charge in [-0.05, 0) is 24.1 Å². The van der Waals surface area contributed by atoms with Crippen LogP contribution in [-0.2, 0) is 9.84 Å². The second-order valence-corrected chi connectivity index (χ2v) is 7.32. The maximum absolute atomic E-state index is 12.8. The van der Waals surface area contributed by atoms with Crippen molar-refractivity contribution in [1.82, 2.24) is 0 Å². The highest BCUT2D eigenvalue weighted by Gasteiger charge is 2.34. The Labute approximate surface area is 130 Å². The maximum atomic E-state index is 12.8. The molecular formula is C16H17ClO3S. The van der Waals surface area contributed by atoms with Crippen LogP contribution in [-0.4, -0.2) is 18.8 Å². The summed E-state index contributed by atoms with van der Waals surface area (Å²) in [4.78, 5) is 0.0634. The number of aliphatic hydroxyl groups excluding tert-OH is 1. The van der Waals surface area contributed by atoms with Crippen molar-refractivity contribution in [2.24, 2.45) is 0 Å². The first-order chi connectivity index (χ1) is 9.98. The van der Waals surface area contributed by atoms with Crippen molar-refractivity contribution in [3.8, 4) is 0 Å². The minimum Gasteiger partial charge on any atom is -0.387 e. The third-order valence-electron chi connectivity index (χ3n) is 3.44. The minimum absolute atomic E-state index is 0.0634. The van der Waals surface area contributed by atoms with Crippen LogP contribution in [0.1, 0.15) is 25.0 Å². The van der Waals surface area contributed by atoms with Crippen molar-refractivity contribution in [2.75, 3.05) is 0 Å². The van der Waals surface area contributed by atoms with E-state index >= 15 is 0 Å². The summed E-state index contributed by atoms with van der Waals surface area (Å²) >= 11 is 6.00. The van der Waals surface area contributed by atoms with Crippen LogP contribution in [0.2, 0.25) is 5.02 Å². The average Bonchev–Trinajstić information content (AvgIpc) is 2.48. The number of halogens is 1. The molecule has 0 amide bonds. The fraction of sp³-hybridized carbons (Fsp3) is 0.250. The number of rotatable bonds is 5. The number of hydrogen-bond acceptors (Lipinski definition) is 3. The summed E-state index contributed by atoms with van der Waals surface area (Å²) < 4.78 is 25.5. The summed E-state index contributed by atoms with van der Waals surface area (Å²) in [6, 6.07) is 15.1. The maximum Gasteiger partial charge on any atom is 0.185 e. The molecule has 0 fully saturated rings. The van der Waals surface area contributed by atoms with Gasteiger partial charge in [-0.15, -0.1) is 0 Å². The predicted molar refractivity (Wildman–Crippen MR) is 84.1 cm³/mol. The molecule has 5 heteroatoms. The highest BCUT2D eigenvalue weighted by Crippen LogP contribution is 2.32. The fourth-order valence-electron chi connectivity index (χ4n) is 2.32. The van der Waals surface area contributed by atoms with E-state index in [1.54, 1.807) is 43.3 Å². The van der Waals surface area contributed by atoms with E-state index < -0.39 is 21.2 Å². The monoisotopic (exact) mass is 324 g/mol. The zero-order valence-corrected chi connectivity index (χ0v) is 13.2. The third-order valence-corrected chi connectivity index (χ3v) is 6.24. The minimum atomic E-state index is -3.71. The molecule has 0 aromatic heterocycles. The van der Waals surface area contributed by atoms with Gasteiger partial charge in [-0.25, -0.2) is 8.42 Å². The highest BCUT2D eigenvalue weighted by molar-refractivity contribution is 7.92. The Morgan fingerprint density at radius 2 is 1.62 bits per heavy atom. The summed E-state index contributed by atoms with van der Waals surface area (Å²) in [6.07, 6.45) is -0.790. The standard InChI is InChI=1S/C16H17ClO3S/c1-2-14(16(18)12-8-4-3-5-9-12)21(19,20)15-11-7-6-10-13(15)17/h3-11,14,16,18H,2H2,1H3. The Morgan fingerprint density at radius 1 is 1.05 bits per heavy atom. The molecule has 112 valence electrons. The summed E-state index contributed by atoms with van der Waals surface area (Å²) in [5.41, 5.74) is 0.583. The summed E-state index contributed by atoms with van der Waals surface area (Å²) in [5.74, 6) is 0. The van der Waals surface area contributed by atoms with Crippen molar-refractivity contribution in [3.63, 3.8) is 0 Å². The van der Waals surface area contributed by atoms with Gasteiger partial charge in [0.2, 0.25) is 0 Å². The molecule has 3 nitrogen and oxygen atoms in total. The van der Waals surface area contributed by atoms with Crippen molar-refractivity contribution in [1.29, 1.82) is 0 Å². The lowest BCUT2D eigenvalue weighted by Gasteiger charge is -2.22. The third kappa shape index (κ3) is 3.28. The van der Waals surface area contributed by atoms with E-state index in [-0.39, 0.29) is 9.92 Å². The molecule has 2 rings (SSSR count). The van der Waals surface area contributed by atoms with E-state index in [0.717, 1.165) is 0 Å². The molecule has 0 radical (unpaired) electrons. The zero-order chi connectivity index (χ0) is 15.5. The van der Waals surface area contributed by atoms with Crippen LogP contribution in [0.25, 0.3) is 0 Å². The van der Waals surface area contributed by atoms with Gasteiger partial charge >= 0.3 is 0 Å². The quantitative estimate of drug-likeness (QED) is 0.913. The Hall–Kier alpha value is -1.36. The molecule has 0 aliphatic carbocycles. The highest BCUT2D eigenvalue weighted by atomic mass is 35.5. The van der Waals surface area contributed by atoms with Crippen LogP contribution in [0, 0.1) is 0 Å². The zero-order valence-electron chi connectivity index (χ0n) is 11.6. The fourth-order valence-corrected chi connectivity index (χ4v) is 4.64. The van der Waals surface area contributed by atoms with Gasteiger partial charge in [0.1, 0.15) is 0 Å². The van der Waals surface area contributed by atoms with E-state index in [2.05, 4.69) is 0 Å². The predicted octanol–water partition coefficient (Wildman–Crippen LogP) is 3.63. The van der Waals surface area contributed by atoms with E-state index in [9.17, 15) is 13.5 Å². The van der Waals surface area contributed by atoms with Gasteiger partial charge in [0, 0.05) is 0 Å². The second kappa shape index (κ2) is 6.60. The Balaban J connectivity index is 2.44. The smallest absolute Gasteiger partial charge is 0.185 e. The molecule has 21 heavy (non-hydrogen) atoms. The molecule has 0 heterocycles. The average molecular weight is 325 g/mol.